The summed E-state index contributed by atoms with van der Waals surface area (Å²) in [6, 6.07) is 12.2. The summed E-state index contributed by atoms with van der Waals surface area (Å²) >= 11 is 0. The minimum atomic E-state index is 0.0144. The molecule has 2 aliphatic heterocycles. The van der Waals surface area contributed by atoms with Crippen molar-refractivity contribution < 1.29 is 0 Å². The van der Waals surface area contributed by atoms with Crippen LogP contribution in [0.3, 0.4) is 0 Å². The molecular weight excluding hydrogens is 388 g/mol. The molecule has 3 aromatic rings. The number of benzene rings is 1. The second-order valence-electron chi connectivity index (χ2n) is 8.77. The Kier molecular flexibility index (Phi) is 5.36. The number of rotatable bonds is 5. The Labute approximate surface area is 182 Å². The van der Waals surface area contributed by atoms with Crippen LogP contribution in [0.25, 0.3) is 5.69 Å². The molecule has 0 spiro atoms. The number of nitrogens with zero attached hydrogens (tertiary/aromatic N) is 6. The van der Waals surface area contributed by atoms with Gasteiger partial charge in [-0.05, 0) is 51.8 Å². The maximum absolute atomic E-state index is 12.8. The molecule has 0 aliphatic carbocycles. The van der Waals surface area contributed by atoms with E-state index in [1.165, 1.54) is 17.7 Å². The normalized spacial score (nSPS) is 19.4. The average Bonchev–Trinajstić information content (AvgIpc) is 3.02. The lowest BCUT2D eigenvalue weighted by Crippen LogP contribution is -2.42. The minimum Gasteiger partial charge on any atom is -0.370 e. The maximum atomic E-state index is 12.8. The molecule has 1 aromatic carbocycles. The fourth-order valence-corrected chi connectivity index (χ4v) is 4.75. The number of aromatic nitrogens is 4. The molecule has 2 aliphatic rings. The first kappa shape index (κ1) is 20.0. The molecule has 0 saturated carbocycles. The zero-order chi connectivity index (χ0) is 21.4. The van der Waals surface area contributed by atoms with Crippen LogP contribution < -0.4 is 10.5 Å². The predicted molar refractivity (Wildman–Crippen MR) is 122 cm³/mol. The van der Waals surface area contributed by atoms with Gasteiger partial charge < -0.3 is 4.90 Å². The van der Waals surface area contributed by atoms with E-state index in [4.69, 9.17) is 5.10 Å². The molecule has 31 heavy (non-hydrogen) atoms. The van der Waals surface area contributed by atoms with Crippen LogP contribution >= 0.6 is 0 Å². The van der Waals surface area contributed by atoms with Gasteiger partial charge >= 0.3 is 0 Å². The highest BCUT2D eigenvalue weighted by Gasteiger charge is 2.25. The zero-order valence-electron chi connectivity index (χ0n) is 18.4. The highest BCUT2D eigenvalue weighted by Crippen LogP contribution is 2.25. The number of para-hydroxylation sites is 1. The van der Waals surface area contributed by atoms with E-state index in [9.17, 15) is 4.79 Å². The summed E-state index contributed by atoms with van der Waals surface area (Å²) in [4.78, 5) is 17.4. The third-order valence-corrected chi connectivity index (χ3v) is 6.68. The SMILES string of the molecule is Cc1nn(-c2ccccc2)c(C)c1CN1CCCC(n2ncc(N3CCC3)cc2=O)C1. The molecule has 4 heterocycles. The van der Waals surface area contributed by atoms with Gasteiger partial charge in [-0.3, -0.25) is 9.69 Å². The Bertz CT molecular complexity index is 1110. The number of piperidine rings is 1. The summed E-state index contributed by atoms with van der Waals surface area (Å²) in [5.74, 6) is 0. The van der Waals surface area contributed by atoms with Gasteiger partial charge in [-0.1, -0.05) is 18.2 Å². The molecule has 7 nitrogen and oxygen atoms in total. The van der Waals surface area contributed by atoms with Crippen LogP contribution in [0.4, 0.5) is 5.69 Å². The number of likely N-dealkylation sites (tertiary alicyclic amines) is 1. The largest absolute Gasteiger partial charge is 0.370 e. The van der Waals surface area contributed by atoms with Crippen LogP contribution in [0.15, 0.2) is 47.4 Å². The molecule has 7 heteroatoms. The van der Waals surface area contributed by atoms with E-state index in [1.807, 2.05) is 29.1 Å². The molecule has 1 atom stereocenters. The molecule has 0 radical (unpaired) electrons. The minimum absolute atomic E-state index is 0.0144. The van der Waals surface area contributed by atoms with E-state index in [0.717, 1.165) is 62.6 Å². The number of hydrogen-bond donors (Lipinski definition) is 0. The lowest BCUT2D eigenvalue weighted by atomic mass is 10.0. The summed E-state index contributed by atoms with van der Waals surface area (Å²) < 4.78 is 3.73. The van der Waals surface area contributed by atoms with Gasteiger partial charge in [0.15, 0.2) is 0 Å². The van der Waals surface area contributed by atoms with Gasteiger partial charge in [-0.25, -0.2) is 9.36 Å². The van der Waals surface area contributed by atoms with E-state index in [0.29, 0.717) is 0 Å². The van der Waals surface area contributed by atoms with Crippen molar-refractivity contribution in [2.75, 3.05) is 31.1 Å². The van der Waals surface area contributed by atoms with E-state index in [-0.39, 0.29) is 11.6 Å². The first-order chi connectivity index (χ1) is 15.1. The average molecular weight is 419 g/mol. The van der Waals surface area contributed by atoms with Gasteiger partial charge in [0.2, 0.25) is 0 Å². The van der Waals surface area contributed by atoms with Crippen molar-refractivity contribution in [1.82, 2.24) is 24.5 Å². The van der Waals surface area contributed by atoms with E-state index in [2.05, 4.69) is 40.9 Å². The molecule has 5 rings (SSSR count). The number of anilines is 1. The third-order valence-electron chi connectivity index (χ3n) is 6.68. The molecule has 0 amide bonds. The second-order valence-corrected chi connectivity index (χ2v) is 8.77. The summed E-state index contributed by atoms with van der Waals surface area (Å²) in [5, 5.41) is 9.34. The van der Waals surface area contributed by atoms with Crippen molar-refractivity contribution in [2.45, 2.75) is 45.7 Å². The van der Waals surface area contributed by atoms with Gasteiger partial charge in [0.25, 0.3) is 5.56 Å². The standard InChI is InChI=1S/C24H30N6O/c1-18-23(19(2)29(26-18)20-8-4-3-5-9-20)17-27-11-6-10-21(16-27)30-24(31)14-22(15-25-30)28-12-7-13-28/h3-5,8-9,14-15,21H,6-7,10-13,16-17H2,1-2H3. The van der Waals surface area contributed by atoms with Crippen molar-refractivity contribution in [3.05, 3.63) is 69.9 Å². The monoisotopic (exact) mass is 418 g/mol. The molecule has 162 valence electrons. The topological polar surface area (TPSA) is 59.2 Å². The Morgan fingerprint density at radius 3 is 2.55 bits per heavy atom. The molecule has 0 N–H and O–H groups in total. The van der Waals surface area contributed by atoms with Crippen LogP contribution in [0, 0.1) is 13.8 Å². The molecule has 2 aromatic heterocycles. The highest BCUT2D eigenvalue weighted by molar-refractivity contribution is 5.45. The quantitative estimate of drug-likeness (QED) is 0.637. The van der Waals surface area contributed by atoms with E-state index in [1.54, 1.807) is 10.7 Å². The van der Waals surface area contributed by atoms with Crippen LogP contribution in [0.1, 0.15) is 42.3 Å². The molecule has 2 fully saturated rings. The van der Waals surface area contributed by atoms with Crippen LogP contribution in [-0.2, 0) is 6.54 Å². The molecule has 2 saturated heterocycles. The van der Waals surface area contributed by atoms with Crippen LogP contribution in [0.2, 0.25) is 0 Å². The summed E-state index contributed by atoms with van der Waals surface area (Å²) in [6.45, 7) is 9.00. The van der Waals surface area contributed by atoms with Crippen molar-refractivity contribution in [3.8, 4) is 5.69 Å². The Morgan fingerprint density at radius 1 is 1.03 bits per heavy atom. The van der Waals surface area contributed by atoms with Gasteiger partial charge in [-0.15, -0.1) is 0 Å². The second kappa shape index (κ2) is 8.30. The van der Waals surface area contributed by atoms with Gasteiger partial charge in [0.05, 0.1) is 29.3 Å². The molecular formula is C24H30N6O. The smallest absolute Gasteiger partial charge is 0.269 e. The molecule has 0 bridgehead atoms. The third kappa shape index (κ3) is 3.90. The first-order valence-electron chi connectivity index (χ1n) is 11.3. The highest BCUT2D eigenvalue weighted by atomic mass is 16.1. The predicted octanol–water partition coefficient (Wildman–Crippen LogP) is 3.09. The lowest BCUT2D eigenvalue weighted by molar-refractivity contribution is 0.159. The summed E-state index contributed by atoms with van der Waals surface area (Å²) in [6.07, 6.45) is 5.11. The summed E-state index contributed by atoms with van der Waals surface area (Å²) in [7, 11) is 0. The van der Waals surface area contributed by atoms with E-state index >= 15 is 0 Å². The Balaban J connectivity index is 1.33. The van der Waals surface area contributed by atoms with E-state index < -0.39 is 0 Å². The molecule has 1 unspecified atom stereocenters. The Hall–Kier alpha value is -2.93. The first-order valence-corrected chi connectivity index (χ1v) is 11.3. The zero-order valence-corrected chi connectivity index (χ0v) is 18.4. The van der Waals surface area contributed by atoms with Gasteiger partial charge in [0, 0.05) is 43.5 Å². The maximum Gasteiger partial charge on any atom is 0.269 e. The van der Waals surface area contributed by atoms with Crippen LogP contribution in [-0.4, -0.2) is 50.6 Å². The fourth-order valence-electron chi connectivity index (χ4n) is 4.75. The van der Waals surface area contributed by atoms with Crippen molar-refractivity contribution in [3.63, 3.8) is 0 Å². The van der Waals surface area contributed by atoms with Crippen molar-refractivity contribution in [2.24, 2.45) is 0 Å². The lowest BCUT2D eigenvalue weighted by Gasteiger charge is -2.34. The van der Waals surface area contributed by atoms with Crippen molar-refractivity contribution in [1.29, 1.82) is 0 Å². The number of aryl methyl sites for hydroxylation is 1. The van der Waals surface area contributed by atoms with Crippen molar-refractivity contribution >= 4 is 5.69 Å². The Morgan fingerprint density at radius 2 is 1.84 bits per heavy atom. The fraction of sp³-hybridized carbons (Fsp3) is 0.458. The van der Waals surface area contributed by atoms with Gasteiger partial charge in [-0.2, -0.15) is 10.2 Å². The van der Waals surface area contributed by atoms with Gasteiger partial charge in [0.1, 0.15) is 0 Å². The number of hydrogen-bond acceptors (Lipinski definition) is 5. The summed E-state index contributed by atoms with van der Waals surface area (Å²) in [5.41, 5.74) is 5.58. The van der Waals surface area contributed by atoms with Crippen LogP contribution in [0.5, 0.6) is 0 Å².